The van der Waals surface area contributed by atoms with Crippen molar-refractivity contribution in [3.8, 4) is 0 Å². The molecular weight excluding hydrogens is 260 g/mol. The molecule has 2 atom stereocenters. The van der Waals surface area contributed by atoms with Gasteiger partial charge in [0.05, 0.1) is 17.1 Å². The summed E-state index contributed by atoms with van der Waals surface area (Å²) in [6.07, 6.45) is 0.396. The van der Waals surface area contributed by atoms with Gasteiger partial charge in [0.15, 0.2) is 0 Å². The number of anilines is 1. The molecular formula is C13H20N4O3. The molecule has 3 N–H and O–H groups in total. The predicted molar refractivity (Wildman–Crippen MR) is 76.2 cm³/mol. The fourth-order valence-corrected chi connectivity index (χ4v) is 2.63. The monoisotopic (exact) mass is 280 g/mol. The van der Waals surface area contributed by atoms with Gasteiger partial charge in [-0.2, -0.15) is 0 Å². The molecule has 20 heavy (non-hydrogen) atoms. The second-order valence-electron chi connectivity index (χ2n) is 5.20. The van der Waals surface area contributed by atoms with E-state index in [4.69, 9.17) is 10.6 Å². The van der Waals surface area contributed by atoms with E-state index in [-0.39, 0.29) is 17.9 Å². The number of hydrogen-bond donors (Lipinski definition) is 2. The van der Waals surface area contributed by atoms with Crippen LogP contribution in [-0.4, -0.2) is 35.1 Å². The van der Waals surface area contributed by atoms with E-state index in [0.717, 1.165) is 25.2 Å². The lowest BCUT2D eigenvalue weighted by Gasteiger charge is -2.35. The van der Waals surface area contributed by atoms with Gasteiger partial charge in [-0.1, -0.05) is 6.07 Å². The van der Waals surface area contributed by atoms with Crippen molar-refractivity contribution < 1.29 is 9.66 Å². The van der Waals surface area contributed by atoms with Crippen LogP contribution in [0.5, 0.6) is 0 Å². The van der Waals surface area contributed by atoms with E-state index in [9.17, 15) is 10.1 Å². The molecule has 0 aromatic heterocycles. The van der Waals surface area contributed by atoms with Crippen molar-refractivity contribution in [3.05, 3.63) is 33.9 Å². The summed E-state index contributed by atoms with van der Waals surface area (Å²) >= 11 is 0. The van der Waals surface area contributed by atoms with Crippen LogP contribution in [0.15, 0.2) is 18.2 Å². The number of ether oxygens (including phenoxy) is 1. The highest BCUT2D eigenvalue weighted by Crippen LogP contribution is 2.25. The zero-order valence-electron chi connectivity index (χ0n) is 11.7. The molecule has 1 aromatic carbocycles. The van der Waals surface area contributed by atoms with E-state index < -0.39 is 4.92 Å². The molecule has 1 saturated heterocycles. The minimum atomic E-state index is -0.447. The van der Waals surface area contributed by atoms with Crippen LogP contribution in [0.25, 0.3) is 0 Å². The molecule has 1 fully saturated rings. The molecule has 1 aromatic rings. The number of nitro benzene ring substituents is 1. The first-order chi connectivity index (χ1) is 9.49. The molecule has 110 valence electrons. The summed E-state index contributed by atoms with van der Waals surface area (Å²) in [4.78, 5) is 12.7. The number of nitrogens with zero attached hydrogens (tertiary/aromatic N) is 2. The van der Waals surface area contributed by atoms with Gasteiger partial charge in [0.1, 0.15) is 5.69 Å². The molecule has 7 nitrogen and oxygen atoms in total. The van der Waals surface area contributed by atoms with E-state index in [1.54, 1.807) is 12.1 Å². The van der Waals surface area contributed by atoms with Crippen LogP contribution < -0.4 is 11.3 Å². The molecule has 0 bridgehead atoms. The zero-order valence-corrected chi connectivity index (χ0v) is 11.7. The van der Waals surface area contributed by atoms with Crippen LogP contribution in [0.4, 0.5) is 11.4 Å². The highest BCUT2D eigenvalue weighted by atomic mass is 16.6. The number of rotatable bonds is 4. The van der Waals surface area contributed by atoms with Crippen molar-refractivity contribution in [2.24, 2.45) is 5.84 Å². The first kappa shape index (κ1) is 14.7. The number of benzene rings is 1. The predicted octanol–water partition coefficient (Wildman–Crippen LogP) is 1.49. The fraction of sp³-hybridized carbons (Fsp3) is 0.538. The van der Waals surface area contributed by atoms with Gasteiger partial charge in [0.2, 0.25) is 0 Å². The summed E-state index contributed by atoms with van der Waals surface area (Å²) in [5.74, 6) is 5.35. The summed E-state index contributed by atoms with van der Waals surface area (Å²) in [5.41, 5.74) is 3.70. The Kier molecular flexibility index (Phi) is 4.53. The SMILES string of the molecule is CC1CN(Cc2ccc([N+](=O)[O-])c(NN)c2)CC(C)O1. The van der Waals surface area contributed by atoms with Crippen LogP contribution >= 0.6 is 0 Å². The first-order valence-corrected chi connectivity index (χ1v) is 6.61. The lowest BCUT2D eigenvalue weighted by molar-refractivity contribution is -0.384. The molecule has 0 aliphatic carbocycles. The topological polar surface area (TPSA) is 93.7 Å². The lowest BCUT2D eigenvalue weighted by atomic mass is 10.1. The van der Waals surface area contributed by atoms with E-state index in [0.29, 0.717) is 5.69 Å². The Balaban J connectivity index is 2.11. The summed E-state index contributed by atoms with van der Waals surface area (Å²) in [5, 5.41) is 10.9. The van der Waals surface area contributed by atoms with Gasteiger partial charge in [0, 0.05) is 25.7 Å². The van der Waals surface area contributed by atoms with Gasteiger partial charge < -0.3 is 10.2 Å². The van der Waals surface area contributed by atoms with Gasteiger partial charge in [-0.3, -0.25) is 20.9 Å². The summed E-state index contributed by atoms with van der Waals surface area (Å²) in [6.45, 7) is 6.53. The molecule has 0 amide bonds. The molecule has 1 aliphatic heterocycles. The van der Waals surface area contributed by atoms with E-state index in [1.165, 1.54) is 6.07 Å². The van der Waals surface area contributed by atoms with Crippen LogP contribution in [0.1, 0.15) is 19.4 Å². The van der Waals surface area contributed by atoms with Crippen LogP contribution in [0.2, 0.25) is 0 Å². The maximum atomic E-state index is 10.9. The maximum Gasteiger partial charge on any atom is 0.293 e. The number of nitrogen functional groups attached to an aromatic ring is 1. The van der Waals surface area contributed by atoms with Crippen molar-refractivity contribution in [2.75, 3.05) is 18.5 Å². The molecule has 1 aliphatic rings. The summed E-state index contributed by atoms with van der Waals surface area (Å²) in [7, 11) is 0. The third kappa shape index (κ3) is 3.44. The van der Waals surface area contributed by atoms with E-state index >= 15 is 0 Å². The Hall–Kier alpha value is -1.70. The Bertz CT molecular complexity index is 485. The Morgan fingerprint density at radius 3 is 2.65 bits per heavy atom. The Labute approximate surface area is 117 Å². The zero-order chi connectivity index (χ0) is 14.7. The molecule has 2 rings (SSSR count). The third-order valence-electron chi connectivity index (χ3n) is 3.31. The number of hydrazine groups is 1. The normalized spacial score (nSPS) is 23.6. The molecule has 0 saturated carbocycles. The average molecular weight is 280 g/mol. The van der Waals surface area contributed by atoms with Crippen LogP contribution in [0.3, 0.4) is 0 Å². The van der Waals surface area contributed by atoms with Crippen LogP contribution in [-0.2, 0) is 11.3 Å². The van der Waals surface area contributed by atoms with Crippen molar-refractivity contribution in [3.63, 3.8) is 0 Å². The third-order valence-corrected chi connectivity index (χ3v) is 3.31. The molecule has 1 heterocycles. The molecule has 2 unspecified atom stereocenters. The van der Waals surface area contributed by atoms with Crippen molar-refractivity contribution in [1.29, 1.82) is 0 Å². The van der Waals surface area contributed by atoms with Gasteiger partial charge in [0.25, 0.3) is 5.69 Å². The molecule has 7 heteroatoms. The number of hydrogen-bond acceptors (Lipinski definition) is 6. The second kappa shape index (κ2) is 6.17. The number of nitrogens with two attached hydrogens (primary N) is 1. The Morgan fingerprint density at radius 1 is 1.45 bits per heavy atom. The average Bonchev–Trinajstić information content (AvgIpc) is 2.37. The Morgan fingerprint density at radius 2 is 2.10 bits per heavy atom. The molecule has 0 radical (unpaired) electrons. The number of morpholine rings is 1. The van der Waals surface area contributed by atoms with E-state index in [2.05, 4.69) is 10.3 Å². The number of nitro groups is 1. The maximum absolute atomic E-state index is 10.9. The van der Waals surface area contributed by atoms with Gasteiger partial charge >= 0.3 is 0 Å². The minimum Gasteiger partial charge on any atom is -0.373 e. The molecule has 0 spiro atoms. The van der Waals surface area contributed by atoms with Gasteiger partial charge in [-0.25, -0.2) is 0 Å². The highest BCUT2D eigenvalue weighted by Gasteiger charge is 2.22. The quantitative estimate of drug-likeness (QED) is 0.493. The lowest BCUT2D eigenvalue weighted by Crippen LogP contribution is -2.44. The first-order valence-electron chi connectivity index (χ1n) is 6.61. The smallest absolute Gasteiger partial charge is 0.293 e. The van der Waals surface area contributed by atoms with Crippen molar-refractivity contribution in [1.82, 2.24) is 4.90 Å². The second-order valence-corrected chi connectivity index (χ2v) is 5.20. The van der Waals surface area contributed by atoms with Gasteiger partial charge in [-0.05, 0) is 25.5 Å². The van der Waals surface area contributed by atoms with Crippen molar-refractivity contribution in [2.45, 2.75) is 32.6 Å². The standard InChI is InChI=1S/C13H20N4O3/c1-9-6-16(7-10(2)20-9)8-11-3-4-13(17(18)19)12(5-11)15-14/h3-5,9-10,15H,6-8,14H2,1-2H3. The summed E-state index contributed by atoms with van der Waals surface area (Å²) in [6, 6.07) is 4.98. The minimum absolute atomic E-state index is 0.0139. The largest absolute Gasteiger partial charge is 0.373 e. The highest BCUT2D eigenvalue weighted by molar-refractivity contribution is 5.62. The van der Waals surface area contributed by atoms with Crippen LogP contribution in [0, 0.1) is 10.1 Å². The van der Waals surface area contributed by atoms with Gasteiger partial charge in [-0.15, -0.1) is 0 Å². The van der Waals surface area contributed by atoms with Crippen molar-refractivity contribution >= 4 is 11.4 Å². The fourth-order valence-electron chi connectivity index (χ4n) is 2.63. The summed E-state index contributed by atoms with van der Waals surface area (Å²) < 4.78 is 5.69. The number of nitrogens with one attached hydrogen (secondary N) is 1. The van der Waals surface area contributed by atoms with E-state index in [1.807, 2.05) is 13.8 Å².